The van der Waals surface area contributed by atoms with Gasteiger partial charge in [0.2, 0.25) is 5.88 Å². The molecule has 4 nitrogen and oxygen atoms in total. The molecule has 0 saturated carbocycles. The van der Waals surface area contributed by atoms with E-state index < -0.39 is 0 Å². The Balaban J connectivity index is 2.19. The zero-order valence-electron chi connectivity index (χ0n) is 11.1. The lowest BCUT2D eigenvalue weighted by Crippen LogP contribution is -2.00. The third-order valence-electron chi connectivity index (χ3n) is 3.60. The molecule has 0 radical (unpaired) electrons. The van der Waals surface area contributed by atoms with E-state index in [9.17, 15) is 10.0 Å². The molecule has 0 unspecified atom stereocenters. The summed E-state index contributed by atoms with van der Waals surface area (Å²) >= 11 is 0. The topological polar surface area (TPSA) is 54.6 Å². The Kier molecular flexibility index (Phi) is 2.99. The summed E-state index contributed by atoms with van der Waals surface area (Å²) in [6, 6.07) is 15.4. The van der Waals surface area contributed by atoms with Gasteiger partial charge in [0.05, 0.1) is 12.1 Å². The zero-order chi connectivity index (χ0) is 14.1. The molecule has 1 N–H and O–H groups in total. The van der Waals surface area contributed by atoms with E-state index >= 15 is 0 Å². The first-order chi connectivity index (χ1) is 9.72. The summed E-state index contributed by atoms with van der Waals surface area (Å²) in [5, 5.41) is 13.9. The van der Waals surface area contributed by atoms with Crippen molar-refractivity contribution in [2.24, 2.45) is 5.18 Å². The normalized spacial score (nSPS) is 10.8. The van der Waals surface area contributed by atoms with Gasteiger partial charge >= 0.3 is 0 Å². The maximum atomic E-state index is 11.0. The van der Waals surface area contributed by atoms with Crippen molar-refractivity contribution in [2.75, 3.05) is 0 Å². The van der Waals surface area contributed by atoms with Gasteiger partial charge in [-0.25, -0.2) is 0 Å². The third-order valence-corrected chi connectivity index (χ3v) is 3.60. The van der Waals surface area contributed by atoms with E-state index in [0.717, 1.165) is 16.6 Å². The summed E-state index contributed by atoms with van der Waals surface area (Å²) in [4.78, 5) is 11.0. The number of aryl methyl sites for hydroxylation is 1. The Hall–Kier alpha value is -2.62. The highest BCUT2D eigenvalue weighted by molar-refractivity contribution is 5.95. The molecule has 4 heteroatoms. The van der Waals surface area contributed by atoms with Crippen molar-refractivity contribution >= 4 is 16.6 Å². The van der Waals surface area contributed by atoms with Gasteiger partial charge in [-0.2, -0.15) is 0 Å². The molecule has 0 atom stereocenters. The highest BCUT2D eigenvalue weighted by atomic mass is 16.3. The minimum Gasteiger partial charge on any atom is -0.493 e. The van der Waals surface area contributed by atoms with Crippen molar-refractivity contribution in [2.45, 2.75) is 13.5 Å². The number of para-hydroxylation sites is 1. The van der Waals surface area contributed by atoms with Crippen LogP contribution in [-0.2, 0) is 6.54 Å². The van der Waals surface area contributed by atoms with E-state index in [0.29, 0.717) is 11.9 Å². The number of nitroso groups, excluding NO2 is 1. The number of nitrogens with zero attached hydrogens (tertiary/aromatic N) is 2. The van der Waals surface area contributed by atoms with Crippen molar-refractivity contribution in [3.05, 3.63) is 64.6 Å². The van der Waals surface area contributed by atoms with E-state index in [-0.39, 0.29) is 11.6 Å². The van der Waals surface area contributed by atoms with Gasteiger partial charge in [-0.1, -0.05) is 42.5 Å². The summed E-state index contributed by atoms with van der Waals surface area (Å²) in [5.41, 5.74) is 3.16. The summed E-state index contributed by atoms with van der Waals surface area (Å²) in [6.07, 6.45) is 0. The van der Waals surface area contributed by atoms with E-state index in [1.165, 1.54) is 0 Å². The van der Waals surface area contributed by atoms with E-state index in [1.807, 2.05) is 49.4 Å². The molecular formula is C16H14N2O2. The van der Waals surface area contributed by atoms with Gasteiger partial charge in [0, 0.05) is 5.39 Å². The lowest BCUT2D eigenvalue weighted by molar-refractivity contribution is 0.430. The quantitative estimate of drug-likeness (QED) is 0.725. The minimum atomic E-state index is -0.0792. The molecule has 0 bridgehead atoms. The number of aromatic hydroxyl groups is 1. The van der Waals surface area contributed by atoms with Crippen LogP contribution in [0.25, 0.3) is 10.9 Å². The first kappa shape index (κ1) is 12.4. The number of fused-ring (bicyclic) bond motifs is 1. The Labute approximate surface area is 116 Å². The fraction of sp³-hybridized carbons (Fsp3) is 0.125. The van der Waals surface area contributed by atoms with Gasteiger partial charge in [0.1, 0.15) is 0 Å². The summed E-state index contributed by atoms with van der Waals surface area (Å²) in [6.45, 7) is 2.53. The maximum Gasteiger partial charge on any atom is 0.222 e. The van der Waals surface area contributed by atoms with Gasteiger partial charge in [0.15, 0.2) is 5.69 Å². The predicted molar refractivity (Wildman–Crippen MR) is 79.3 cm³/mol. The Morgan fingerprint density at radius 3 is 2.55 bits per heavy atom. The van der Waals surface area contributed by atoms with E-state index in [1.54, 1.807) is 10.6 Å². The molecule has 0 amide bonds. The van der Waals surface area contributed by atoms with Gasteiger partial charge in [-0.15, -0.1) is 4.91 Å². The Morgan fingerprint density at radius 1 is 1.10 bits per heavy atom. The molecule has 0 saturated heterocycles. The van der Waals surface area contributed by atoms with Crippen LogP contribution in [0, 0.1) is 11.8 Å². The molecule has 0 aliphatic heterocycles. The largest absolute Gasteiger partial charge is 0.493 e. The molecule has 3 aromatic rings. The van der Waals surface area contributed by atoms with Crippen LogP contribution in [0.4, 0.5) is 5.69 Å². The number of hydrogen-bond donors (Lipinski definition) is 1. The molecule has 100 valence electrons. The van der Waals surface area contributed by atoms with Crippen LogP contribution < -0.4 is 0 Å². The first-order valence-corrected chi connectivity index (χ1v) is 6.40. The number of hydrogen-bond acceptors (Lipinski definition) is 3. The third kappa shape index (κ3) is 1.86. The zero-order valence-corrected chi connectivity index (χ0v) is 11.1. The van der Waals surface area contributed by atoms with Gasteiger partial charge < -0.3 is 9.67 Å². The van der Waals surface area contributed by atoms with E-state index in [4.69, 9.17) is 0 Å². The van der Waals surface area contributed by atoms with Gasteiger partial charge in [-0.05, 0) is 29.3 Å². The fourth-order valence-corrected chi connectivity index (χ4v) is 2.48. The van der Waals surface area contributed by atoms with Crippen LogP contribution >= 0.6 is 0 Å². The van der Waals surface area contributed by atoms with Gasteiger partial charge in [-0.3, -0.25) is 0 Å². The van der Waals surface area contributed by atoms with Crippen LogP contribution in [0.5, 0.6) is 5.88 Å². The monoisotopic (exact) mass is 266 g/mol. The van der Waals surface area contributed by atoms with E-state index in [2.05, 4.69) is 5.18 Å². The molecule has 2 aromatic carbocycles. The second kappa shape index (κ2) is 4.81. The minimum absolute atomic E-state index is 0.0792. The van der Waals surface area contributed by atoms with Crippen molar-refractivity contribution < 1.29 is 5.11 Å². The molecule has 1 heterocycles. The molecule has 1 aromatic heterocycles. The SMILES string of the molecule is Cc1ccccc1Cn1c(O)c(N=O)c2ccccc21. The van der Waals surface area contributed by atoms with Crippen LogP contribution in [0.2, 0.25) is 0 Å². The lowest BCUT2D eigenvalue weighted by atomic mass is 10.1. The van der Waals surface area contributed by atoms with Crippen LogP contribution in [-0.4, -0.2) is 9.67 Å². The smallest absolute Gasteiger partial charge is 0.222 e. The second-order valence-corrected chi connectivity index (χ2v) is 4.79. The van der Waals surface area contributed by atoms with Gasteiger partial charge in [0.25, 0.3) is 0 Å². The summed E-state index contributed by atoms with van der Waals surface area (Å²) in [7, 11) is 0. The second-order valence-electron chi connectivity index (χ2n) is 4.79. The highest BCUT2D eigenvalue weighted by Gasteiger charge is 2.17. The maximum absolute atomic E-state index is 11.0. The average Bonchev–Trinajstić information content (AvgIpc) is 2.74. The van der Waals surface area contributed by atoms with Crippen molar-refractivity contribution in [3.63, 3.8) is 0 Å². The van der Waals surface area contributed by atoms with Crippen molar-refractivity contribution in [1.29, 1.82) is 0 Å². The molecule has 0 fully saturated rings. The first-order valence-electron chi connectivity index (χ1n) is 6.40. The lowest BCUT2D eigenvalue weighted by Gasteiger charge is -2.09. The van der Waals surface area contributed by atoms with Crippen LogP contribution in [0.15, 0.2) is 53.7 Å². The van der Waals surface area contributed by atoms with Crippen LogP contribution in [0.1, 0.15) is 11.1 Å². The number of benzene rings is 2. The van der Waals surface area contributed by atoms with Crippen LogP contribution in [0.3, 0.4) is 0 Å². The molecule has 20 heavy (non-hydrogen) atoms. The highest BCUT2D eigenvalue weighted by Crippen LogP contribution is 2.38. The average molecular weight is 266 g/mol. The van der Waals surface area contributed by atoms with Crippen molar-refractivity contribution in [1.82, 2.24) is 4.57 Å². The van der Waals surface area contributed by atoms with Crippen molar-refractivity contribution in [3.8, 4) is 5.88 Å². The molecule has 3 rings (SSSR count). The number of rotatable bonds is 3. The Morgan fingerprint density at radius 2 is 1.80 bits per heavy atom. The molecule has 0 aliphatic carbocycles. The predicted octanol–water partition coefficient (Wildman–Crippen LogP) is 4.10. The summed E-state index contributed by atoms with van der Waals surface area (Å²) in [5.74, 6) is -0.0792. The Bertz CT molecular complexity index is 790. The molecule has 0 aliphatic rings. The molecular weight excluding hydrogens is 252 g/mol. The summed E-state index contributed by atoms with van der Waals surface area (Å²) < 4.78 is 1.72. The fourth-order valence-electron chi connectivity index (χ4n) is 2.48. The molecule has 0 spiro atoms. The standard InChI is InChI=1S/C16H14N2O2/c1-11-6-2-3-7-12(11)10-18-14-9-5-4-8-13(14)15(17-20)16(18)19/h2-9,19H,10H2,1H3. The number of aromatic nitrogens is 1.